The smallest absolute Gasteiger partial charge is 0.292 e. The van der Waals surface area contributed by atoms with Gasteiger partial charge in [0.2, 0.25) is 0 Å². The van der Waals surface area contributed by atoms with Gasteiger partial charge < -0.3 is 5.32 Å². The fourth-order valence-corrected chi connectivity index (χ4v) is 7.50. The van der Waals surface area contributed by atoms with Crippen molar-refractivity contribution >= 4 is 11.4 Å². The van der Waals surface area contributed by atoms with Crippen LogP contribution in [0.15, 0.2) is 24.3 Å². The zero-order valence-electron chi connectivity index (χ0n) is 17.6. The van der Waals surface area contributed by atoms with Crippen LogP contribution in [0, 0.1) is 27.9 Å². The van der Waals surface area contributed by atoms with E-state index in [1.807, 2.05) is 12.1 Å². The van der Waals surface area contributed by atoms with Gasteiger partial charge in [0.05, 0.1) is 4.92 Å². The van der Waals surface area contributed by atoms with E-state index in [1.165, 1.54) is 51.4 Å². The Labute approximate surface area is 174 Å². The Morgan fingerprint density at radius 1 is 0.931 bits per heavy atom. The molecule has 4 unspecified atom stereocenters. The summed E-state index contributed by atoms with van der Waals surface area (Å²) in [5.41, 5.74) is 0.893. The maximum absolute atomic E-state index is 11.4. The van der Waals surface area contributed by atoms with Gasteiger partial charge in [0.1, 0.15) is 5.69 Å². The molecule has 1 aromatic carbocycles. The molecule has 1 aromatic rings. The molecular weight excluding hydrogens is 362 g/mol. The standard InChI is InChI=1S/C24H35N3O2/c1-16-9-17-11-18(10-16)13-22(12-17)26-20-5-4-6-21(26)15-19(14-20)25-23-7-2-3-8-24(23)27(28)29/h2-3,7-8,16-22,25H,4-6,9-15H2,1H3/t16?,17-,18+,19?,20-,21?,22?/m0/s1. The third-order valence-corrected chi connectivity index (χ3v) is 8.26. The first-order valence-electron chi connectivity index (χ1n) is 11.8. The summed E-state index contributed by atoms with van der Waals surface area (Å²) < 4.78 is 0. The highest BCUT2D eigenvalue weighted by Gasteiger charge is 2.45. The largest absolute Gasteiger partial charge is 0.377 e. The van der Waals surface area contributed by atoms with E-state index < -0.39 is 0 Å². The predicted molar refractivity (Wildman–Crippen MR) is 116 cm³/mol. The Morgan fingerprint density at radius 3 is 2.24 bits per heavy atom. The molecule has 5 rings (SSSR count). The number of rotatable bonds is 4. The molecule has 0 radical (unpaired) electrons. The SMILES string of the molecule is CC1C[C@@H]2CC(N3C4CCC[C@H]3CC(Nc3ccccc3[N+](=O)[O-])C4)C[C@H](C1)C2. The summed E-state index contributed by atoms with van der Waals surface area (Å²) in [6, 6.07) is 9.57. The van der Waals surface area contributed by atoms with Crippen LogP contribution >= 0.6 is 0 Å². The van der Waals surface area contributed by atoms with Crippen molar-refractivity contribution in [2.24, 2.45) is 17.8 Å². The second-order valence-electron chi connectivity index (χ2n) is 10.4. The number of fused-ring (bicyclic) bond motifs is 4. The molecule has 2 saturated carbocycles. The van der Waals surface area contributed by atoms with Crippen LogP contribution in [0.2, 0.25) is 0 Å². The van der Waals surface area contributed by atoms with Gasteiger partial charge in [-0.2, -0.15) is 0 Å². The zero-order valence-corrected chi connectivity index (χ0v) is 17.6. The van der Waals surface area contributed by atoms with Crippen molar-refractivity contribution in [2.75, 3.05) is 5.32 Å². The summed E-state index contributed by atoms with van der Waals surface area (Å²) in [5.74, 6) is 2.83. The average Bonchev–Trinajstić information content (AvgIpc) is 2.66. The highest BCUT2D eigenvalue weighted by atomic mass is 16.6. The quantitative estimate of drug-likeness (QED) is 0.530. The van der Waals surface area contributed by atoms with E-state index in [-0.39, 0.29) is 10.6 Å². The van der Waals surface area contributed by atoms with Crippen molar-refractivity contribution < 1.29 is 4.92 Å². The minimum atomic E-state index is -0.264. The van der Waals surface area contributed by atoms with Gasteiger partial charge in [-0.1, -0.05) is 25.5 Å². The lowest BCUT2D eigenvalue weighted by atomic mass is 9.65. The van der Waals surface area contributed by atoms with E-state index in [0.717, 1.165) is 36.6 Å². The van der Waals surface area contributed by atoms with Gasteiger partial charge in [0.25, 0.3) is 5.69 Å². The number of nitrogens with one attached hydrogen (secondary N) is 1. The number of nitrogens with zero attached hydrogens (tertiary/aromatic N) is 2. The number of anilines is 1. The molecule has 2 aliphatic carbocycles. The number of nitro benzene ring substituents is 1. The number of piperidine rings is 2. The molecule has 5 nitrogen and oxygen atoms in total. The van der Waals surface area contributed by atoms with Gasteiger partial charge in [0, 0.05) is 30.2 Å². The summed E-state index contributed by atoms with van der Waals surface area (Å²) >= 11 is 0. The van der Waals surface area contributed by atoms with Crippen LogP contribution in [0.1, 0.15) is 71.1 Å². The molecule has 1 N–H and O–H groups in total. The van der Waals surface area contributed by atoms with Gasteiger partial charge in [-0.25, -0.2) is 0 Å². The van der Waals surface area contributed by atoms with Gasteiger partial charge in [0.15, 0.2) is 0 Å². The Balaban J connectivity index is 1.29. The predicted octanol–water partition coefficient (Wildman–Crippen LogP) is 5.61. The van der Waals surface area contributed by atoms with Crippen LogP contribution in [0.4, 0.5) is 11.4 Å². The number of hydrogen-bond donors (Lipinski definition) is 1. The molecular formula is C24H35N3O2. The molecule has 4 bridgehead atoms. The van der Waals surface area contributed by atoms with Crippen molar-refractivity contribution in [2.45, 2.75) is 95.3 Å². The van der Waals surface area contributed by atoms with E-state index in [9.17, 15) is 10.1 Å². The lowest BCUT2D eigenvalue weighted by molar-refractivity contribution is -0.384. The molecule has 158 valence electrons. The zero-order chi connectivity index (χ0) is 20.0. The lowest BCUT2D eigenvalue weighted by Gasteiger charge is -2.55. The molecule has 0 aromatic heterocycles. The van der Waals surface area contributed by atoms with Crippen LogP contribution in [-0.2, 0) is 0 Å². The first-order chi connectivity index (χ1) is 14.1. The van der Waals surface area contributed by atoms with Crippen LogP contribution in [0.3, 0.4) is 0 Å². The van der Waals surface area contributed by atoms with Crippen molar-refractivity contribution in [3.05, 3.63) is 34.4 Å². The van der Waals surface area contributed by atoms with Crippen molar-refractivity contribution in [1.29, 1.82) is 0 Å². The Morgan fingerprint density at radius 2 is 1.59 bits per heavy atom. The van der Waals surface area contributed by atoms with E-state index in [2.05, 4.69) is 17.1 Å². The minimum Gasteiger partial charge on any atom is -0.377 e. The topological polar surface area (TPSA) is 58.4 Å². The summed E-state index contributed by atoms with van der Waals surface area (Å²) in [5, 5.41) is 15.0. The third kappa shape index (κ3) is 3.90. The molecule has 29 heavy (non-hydrogen) atoms. The van der Waals surface area contributed by atoms with Crippen molar-refractivity contribution in [1.82, 2.24) is 4.90 Å². The van der Waals surface area contributed by atoms with Crippen molar-refractivity contribution in [3.63, 3.8) is 0 Å². The molecule has 0 amide bonds. The van der Waals surface area contributed by atoms with Crippen molar-refractivity contribution in [3.8, 4) is 0 Å². The van der Waals surface area contributed by atoms with E-state index in [0.29, 0.717) is 23.8 Å². The first kappa shape index (κ1) is 19.3. The van der Waals surface area contributed by atoms with Crippen LogP contribution in [-0.4, -0.2) is 34.0 Å². The molecule has 7 atom stereocenters. The van der Waals surface area contributed by atoms with E-state index >= 15 is 0 Å². The van der Waals surface area contributed by atoms with Gasteiger partial charge >= 0.3 is 0 Å². The minimum absolute atomic E-state index is 0.203. The molecule has 2 aliphatic heterocycles. The highest BCUT2D eigenvalue weighted by molar-refractivity contribution is 5.61. The number of benzene rings is 1. The molecule has 0 spiro atoms. The van der Waals surface area contributed by atoms with Crippen LogP contribution < -0.4 is 5.32 Å². The summed E-state index contributed by atoms with van der Waals surface area (Å²) in [7, 11) is 0. The van der Waals surface area contributed by atoms with Crippen LogP contribution in [0.25, 0.3) is 0 Å². The molecule has 4 aliphatic rings. The van der Waals surface area contributed by atoms with Gasteiger partial charge in [-0.15, -0.1) is 0 Å². The van der Waals surface area contributed by atoms with E-state index in [1.54, 1.807) is 12.1 Å². The number of nitro groups is 1. The summed E-state index contributed by atoms with van der Waals surface area (Å²) in [6.07, 6.45) is 13.4. The van der Waals surface area contributed by atoms with Gasteiger partial charge in [-0.3, -0.25) is 15.0 Å². The molecule has 5 heteroatoms. The molecule has 2 saturated heterocycles. The average molecular weight is 398 g/mol. The Hall–Kier alpha value is -1.62. The van der Waals surface area contributed by atoms with Crippen LogP contribution in [0.5, 0.6) is 0 Å². The number of para-hydroxylation sites is 2. The number of hydrogen-bond acceptors (Lipinski definition) is 4. The second-order valence-corrected chi connectivity index (χ2v) is 10.4. The Bertz CT molecular complexity index is 721. The summed E-state index contributed by atoms with van der Waals surface area (Å²) in [6.45, 7) is 2.45. The summed E-state index contributed by atoms with van der Waals surface area (Å²) in [4.78, 5) is 14.1. The molecule has 2 heterocycles. The fraction of sp³-hybridized carbons (Fsp3) is 0.750. The Kier molecular flexibility index (Phi) is 5.27. The highest BCUT2D eigenvalue weighted by Crippen LogP contribution is 2.47. The monoisotopic (exact) mass is 397 g/mol. The van der Waals surface area contributed by atoms with Gasteiger partial charge in [-0.05, 0) is 81.6 Å². The first-order valence-corrected chi connectivity index (χ1v) is 11.8. The fourth-order valence-electron chi connectivity index (χ4n) is 7.50. The maximum atomic E-state index is 11.4. The molecule has 4 fully saturated rings. The lowest BCUT2D eigenvalue weighted by Crippen LogP contribution is -2.60. The third-order valence-electron chi connectivity index (χ3n) is 8.26. The second kappa shape index (κ2) is 7.90. The van der Waals surface area contributed by atoms with E-state index in [4.69, 9.17) is 0 Å². The maximum Gasteiger partial charge on any atom is 0.292 e. The normalized spacial score (nSPS) is 39.7.